The standard InChI is InChI=1S/C18H22N2O2/c1-12-10-20(11-14-3-2-8-22-14)17-9-13(4-5-15(12)17)16-6-7-19-18(16)21/h4-5,9-10,14,16H,2-3,6-8,11H2,1H3,(H,19,21). The van der Waals surface area contributed by atoms with Gasteiger partial charge in [-0.3, -0.25) is 4.79 Å². The van der Waals surface area contributed by atoms with Crippen molar-refractivity contribution in [3.63, 3.8) is 0 Å². The number of benzene rings is 1. The average molecular weight is 298 g/mol. The van der Waals surface area contributed by atoms with Crippen LogP contribution in [0.25, 0.3) is 10.9 Å². The molecule has 3 heterocycles. The molecule has 1 aromatic heterocycles. The SMILES string of the molecule is Cc1cn(CC2CCCO2)c2cc(C3CCNC3=O)ccc12. The van der Waals surface area contributed by atoms with Gasteiger partial charge in [-0.15, -0.1) is 0 Å². The van der Waals surface area contributed by atoms with Crippen molar-refractivity contribution in [3.05, 3.63) is 35.5 Å². The molecule has 2 atom stereocenters. The number of aryl methyl sites for hydroxylation is 1. The van der Waals surface area contributed by atoms with Crippen LogP contribution in [0.15, 0.2) is 24.4 Å². The van der Waals surface area contributed by atoms with Crippen LogP contribution in [0.5, 0.6) is 0 Å². The molecule has 116 valence electrons. The summed E-state index contributed by atoms with van der Waals surface area (Å²) in [5, 5.41) is 4.21. The van der Waals surface area contributed by atoms with Crippen LogP contribution in [0.4, 0.5) is 0 Å². The lowest BCUT2D eigenvalue weighted by atomic mass is 9.96. The normalized spacial score (nSPS) is 25.0. The van der Waals surface area contributed by atoms with Gasteiger partial charge >= 0.3 is 0 Å². The molecule has 2 saturated heterocycles. The van der Waals surface area contributed by atoms with Crippen LogP contribution in [0.3, 0.4) is 0 Å². The molecular weight excluding hydrogens is 276 g/mol. The molecule has 4 rings (SSSR count). The number of rotatable bonds is 3. The number of hydrogen-bond donors (Lipinski definition) is 1. The Morgan fingerprint density at radius 1 is 1.36 bits per heavy atom. The van der Waals surface area contributed by atoms with E-state index in [1.807, 2.05) is 0 Å². The Kier molecular flexibility index (Phi) is 3.41. The minimum absolute atomic E-state index is 0.00999. The highest BCUT2D eigenvalue weighted by Crippen LogP contribution is 2.29. The van der Waals surface area contributed by atoms with Crippen LogP contribution in [-0.2, 0) is 16.1 Å². The Bertz CT molecular complexity index is 713. The van der Waals surface area contributed by atoms with Gasteiger partial charge < -0.3 is 14.6 Å². The first kappa shape index (κ1) is 13.8. The number of carbonyl (C=O) groups is 1. The predicted octanol–water partition coefficient (Wildman–Crippen LogP) is 2.73. The highest BCUT2D eigenvalue weighted by molar-refractivity contribution is 5.89. The predicted molar refractivity (Wildman–Crippen MR) is 86.0 cm³/mol. The van der Waals surface area contributed by atoms with E-state index in [4.69, 9.17) is 4.74 Å². The maximum atomic E-state index is 11.9. The number of carbonyl (C=O) groups excluding carboxylic acids is 1. The van der Waals surface area contributed by atoms with E-state index < -0.39 is 0 Å². The molecule has 4 heteroatoms. The fourth-order valence-electron chi connectivity index (χ4n) is 3.78. The summed E-state index contributed by atoms with van der Waals surface area (Å²) in [6, 6.07) is 6.48. The highest BCUT2D eigenvalue weighted by atomic mass is 16.5. The number of aromatic nitrogens is 1. The number of nitrogens with one attached hydrogen (secondary N) is 1. The van der Waals surface area contributed by atoms with Gasteiger partial charge in [0.15, 0.2) is 0 Å². The molecule has 1 aromatic carbocycles. The minimum atomic E-state index is 0.00999. The molecule has 4 nitrogen and oxygen atoms in total. The Hall–Kier alpha value is -1.81. The Morgan fingerprint density at radius 2 is 2.27 bits per heavy atom. The summed E-state index contributed by atoms with van der Waals surface area (Å²) in [6.07, 6.45) is 5.74. The van der Waals surface area contributed by atoms with Crippen molar-refractivity contribution in [1.29, 1.82) is 0 Å². The number of amides is 1. The number of fused-ring (bicyclic) bond motifs is 1. The zero-order chi connectivity index (χ0) is 15.1. The Labute approximate surface area is 130 Å². The highest BCUT2D eigenvalue weighted by Gasteiger charge is 2.26. The summed E-state index contributed by atoms with van der Waals surface area (Å²) < 4.78 is 8.08. The summed E-state index contributed by atoms with van der Waals surface area (Å²) in [7, 11) is 0. The van der Waals surface area contributed by atoms with E-state index in [1.165, 1.54) is 16.5 Å². The third-order valence-electron chi connectivity index (χ3n) is 4.98. The van der Waals surface area contributed by atoms with Gasteiger partial charge in [0.05, 0.1) is 12.0 Å². The van der Waals surface area contributed by atoms with Gasteiger partial charge in [0.25, 0.3) is 0 Å². The third kappa shape index (κ3) is 2.31. The van der Waals surface area contributed by atoms with Crippen molar-refractivity contribution in [1.82, 2.24) is 9.88 Å². The number of ether oxygens (including phenoxy) is 1. The molecule has 0 aliphatic carbocycles. The molecular formula is C18H22N2O2. The average Bonchev–Trinajstić information content (AvgIpc) is 3.22. The largest absolute Gasteiger partial charge is 0.376 e. The van der Waals surface area contributed by atoms with Gasteiger partial charge in [-0.1, -0.05) is 12.1 Å². The van der Waals surface area contributed by atoms with E-state index in [0.717, 1.165) is 44.5 Å². The fourth-order valence-corrected chi connectivity index (χ4v) is 3.78. The lowest BCUT2D eigenvalue weighted by molar-refractivity contribution is -0.120. The van der Waals surface area contributed by atoms with E-state index in [1.54, 1.807) is 0 Å². The molecule has 22 heavy (non-hydrogen) atoms. The molecule has 1 N–H and O–H groups in total. The lowest BCUT2D eigenvalue weighted by Crippen LogP contribution is -2.18. The van der Waals surface area contributed by atoms with Crippen molar-refractivity contribution in [3.8, 4) is 0 Å². The van der Waals surface area contributed by atoms with Crippen molar-refractivity contribution in [2.75, 3.05) is 13.2 Å². The van der Waals surface area contributed by atoms with Crippen molar-refractivity contribution in [2.45, 2.75) is 44.8 Å². The van der Waals surface area contributed by atoms with Crippen LogP contribution in [0, 0.1) is 6.92 Å². The van der Waals surface area contributed by atoms with E-state index in [2.05, 4.69) is 41.2 Å². The first-order valence-electron chi connectivity index (χ1n) is 8.21. The third-order valence-corrected chi connectivity index (χ3v) is 4.98. The van der Waals surface area contributed by atoms with Gasteiger partial charge in [0, 0.05) is 36.8 Å². The van der Waals surface area contributed by atoms with E-state index in [0.29, 0.717) is 6.10 Å². The maximum Gasteiger partial charge on any atom is 0.227 e. The number of hydrogen-bond acceptors (Lipinski definition) is 2. The van der Waals surface area contributed by atoms with Gasteiger partial charge in [-0.2, -0.15) is 0 Å². The van der Waals surface area contributed by atoms with Crippen LogP contribution in [0.2, 0.25) is 0 Å². The molecule has 0 saturated carbocycles. The van der Waals surface area contributed by atoms with Crippen molar-refractivity contribution < 1.29 is 9.53 Å². The van der Waals surface area contributed by atoms with Gasteiger partial charge in [-0.05, 0) is 43.4 Å². The van der Waals surface area contributed by atoms with Crippen LogP contribution in [-0.4, -0.2) is 29.7 Å². The Morgan fingerprint density at radius 3 is 3.00 bits per heavy atom. The second kappa shape index (κ2) is 5.43. The summed E-state index contributed by atoms with van der Waals surface area (Å²) in [5.74, 6) is 0.170. The lowest BCUT2D eigenvalue weighted by Gasteiger charge is -2.13. The summed E-state index contributed by atoms with van der Waals surface area (Å²) in [5.41, 5.74) is 3.65. The van der Waals surface area contributed by atoms with Gasteiger partial charge in [0.2, 0.25) is 5.91 Å². The molecule has 2 aliphatic rings. The smallest absolute Gasteiger partial charge is 0.227 e. The fraction of sp³-hybridized carbons (Fsp3) is 0.500. The molecule has 2 fully saturated rings. The van der Waals surface area contributed by atoms with Crippen LogP contribution < -0.4 is 5.32 Å². The van der Waals surface area contributed by atoms with Crippen molar-refractivity contribution >= 4 is 16.8 Å². The second-order valence-corrected chi connectivity index (χ2v) is 6.51. The summed E-state index contributed by atoms with van der Waals surface area (Å²) >= 11 is 0. The molecule has 2 unspecified atom stereocenters. The molecule has 0 bridgehead atoms. The van der Waals surface area contributed by atoms with Crippen LogP contribution >= 0.6 is 0 Å². The van der Waals surface area contributed by atoms with Crippen molar-refractivity contribution in [2.24, 2.45) is 0 Å². The number of nitrogens with zero attached hydrogens (tertiary/aromatic N) is 1. The van der Waals surface area contributed by atoms with E-state index in [-0.39, 0.29) is 11.8 Å². The molecule has 0 spiro atoms. The molecule has 1 amide bonds. The van der Waals surface area contributed by atoms with Gasteiger partial charge in [0.1, 0.15) is 0 Å². The summed E-state index contributed by atoms with van der Waals surface area (Å²) in [6.45, 7) is 4.73. The van der Waals surface area contributed by atoms with Gasteiger partial charge in [-0.25, -0.2) is 0 Å². The minimum Gasteiger partial charge on any atom is -0.376 e. The first-order valence-corrected chi connectivity index (χ1v) is 8.21. The van der Waals surface area contributed by atoms with E-state index in [9.17, 15) is 4.79 Å². The quantitative estimate of drug-likeness (QED) is 0.947. The maximum absolute atomic E-state index is 11.9. The zero-order valence-electron chi connectivity index (χ0n) is 13.0. The van der Waals surface area contributed by atoms with E-state index >= 15 is 0 Å². The Balaban J connectivity index is 1.71. The topological polar surface area (TPSA) is 43.3 Å². The monoisotopic (exact) mass is 298 g/mol. The summed E-state index contributed by atoms with van der Waals surface area (Å²) in [4.78, 5) is 11.9. The zero-order valence-corrected chi connectivity index (χ0v) is 13.0. The molecule has 0 radical (unpaired) electrons. The van der Waals surface area contributed by atoms with Crippen LogP contribution in [0.1, 0.15) is 36.3 Å². The molecule has 2 aliphatic heterocycles. The second-order valence-electron chi connectivity index (χ2n) is 6.51. The molecule has 2 aromatic rings. The first-order chi connectivity index (χ1) is 10.7.